The van der Waals surface area contributed by atoms with Gasteiger partial charge in [0, 0.05) is 18.5 Å². The van der Waals surface area contributed by atoms with E-state index in [1.807, 2.05) is 12.1 Å². The summed E-state index contributed by atoms with van der Waals surface area (Å²) in [7, 11) is 0. The Labute approximate surface area is 157 Å². The molecule has 0 radical (unpaired) electrons. The number of aliphatic hydroxyl groups excluding tert-OH is 1. The van der Waals surface area contributed by atoms with Gasteiger partial charge in [0.25, 0.3) is 0 Å². The number of aliphatic hydroxyl groups is 1. The van der Waals surface area contributed by atoms with Gasteiger partial charge < -0.3 is 24.4 Å². The molecule has 4 rings (SSSR count). The van der Waals surface area contributed by atoms with E-state index in [1.165, 1.54) is 17.7 Å². The van der Waals surface area contributed by atoms with Crippen molar-refractivity contribution in [3.8, 4) is 5.75 Å². The Bertz CT molecular complexity index is 806. The third-order valence-electron chi connectivity index (χ3n) is 5.78. The van der Waals surface area contributed by atoms with E-state index >= 15 is 0 Å². The topological polar surface area (TPSA) is 96.0 Å². The molecule has 7 nitrogen and oxygen atoms in total. The number of fused-ring (bicyclic) bond motifs is 1. The first-order chi connectivity index (χ1) is 13.2. The molecule has 1 aliphatic heterocycles. The number of likely N-dealkylation sites (tertiary alicyclic amines) is 1. The molecule has 2 fully saturated rings. The second-order valence-corrected chi connectivity index (χ2v) is 7.71. The van der Waals surface area contributed by atoms with Crippen molar-refractivity contribution >= 4 is 17.1 Å². The summed E-state index contributed by atoms with van der Waals surface area (Å²) in [6, 6.07) is 3.87. The van der Waals surface area contributed by atoms with Crippen molar-refractivity contribution in [1.82, 2.24) is 10.1 Å². The molecular weight excluding hydrogens is 348 g/mol. The van der Waals surface area contributed by atoms with Gasteiger partial charge in [-0.3, -0.25) is 0 Å². The van der Waals surface area contributed by atoms with Gasteiger partial charge in [-0.05, 0) is 62.5 Å². The van der Waals surface area contributed by atoms with Gasteiger partial charge in [0.1, 0.15) is 5.75 Å². The van der Waals surface area contributed by atoms with Gasteiger partial charge in [-0.2, -0.15) is 0 Å². The van der Waals surface area contributed by atoms with Crippen LogP contribution in [0.25, 0.3) is 11.0 Å². The molecule has 2 N–H and O–H groups in total. The minimum absolute atomic E-state index is 0.139. The predicted molar refractivity (Wildman–Crippen MR) is 98.8 cm³/mol. The molecular formula is C20H26N2O5. The summed E-state index contributed by atoms with van der Waals surface area (Å²) in [6.07, 6.45) is 5.14. The van der Waals surface area contributed by atoms with Crippen molar-refractivity contribution in [2.45, 2.75) is 45.1 Å². The Morgan fingerprint density at radius 1 is 1.22 bits per heavy atom. The van der Waals surface area contributed by atoms with Crippen LogP contribution in [0.15, 0.2) is 16.7 Å². The molecule has 7 heteroatoms. The molecule has 2 heterocycles. The van der Waals surface area contributed by atoms with Crippen LogP contribution in [0.3, 0.4) is 0 Å². The first-order valence-corrected chi connectivity index (χ1v) is 9.77. The van der Waals surface area contributed by atoms with Crippen LogP contribution in [0.1, 0.15) is 43.4 Å². The zero-order valence-electron chi connectivity index (χ0n) is 15.4. The summed E-state index contributed by atoms with van der Waals surface area (Å²) in [5.41, 5.74) is 2.18. The molecule has 2 aromatic rings. The minimum Gasteiger partial charge on any atom is -0.493 e. The third kappa shape index (κ3) is 4.03. The highest BCUT2D eigenvalue weighted by atomic mass is 16.5. The Morgan fingerprint density at radius 2 is 2.00 bits per heavy atom. The van der Waals surface area contributed by atoms with Gasteiger partial charge >= 0.3 is 6.09 Å². The third-order valence-corrected chi connectivity index (χ3v) is 5.78. The van der Waals surface area contributed by atoms with Crippen LogP contribution in [0.4, 0.5) is 4.79 Å². The van der Waals surface area contributed by atoms with Crippen LogP contribution in [0.2, 0.25) is 0 Å². The van der Waals surface area contributed by atoms with E-state index in [1.54, 1.807) is 0 Å². The fraction of sp³-hybridized carbons (Fsp3) is 0.600. The van der Waals surface area contributed by atoms with Gasteiger partial charge in [-0.25, -0.2) is 4.79 Å². The first kappa shape index (κ1) is 18.1. The van der Waals surface area contributed by atoms with E-state index in [-0.39, 0.29) is 6.61 Å². The smallest absolute Gasteiger partial charge is 0.407 e. The quantitative estimate of drug-likeness (QED) is 0.771. The molecule has 27 heavy (non-hydrogen) atoms. The first-order valence-electron chi connectivity index (χ1n) is 9.77. The number of amides is 1. The number of benzene rings is 1. The monoisotopic (exact) mass is 374 g/mol. The van der Waals surface area contributed by atoms with Gasteiger partial charge in [0.05, 0.1) is 24.5 Å². The van der Waals surface area contributed by atoms with Gasteiger partial charge in [-0.15, -0.1) is 0 Å². The highest BCUT2D eigenvalue weighted by Crippen LogP contribution is 2.34. The fourth-order valence-corrected chi connectivity index (χ4v) is 3.80. The van der Waals surface area contributed by atoms with Crippen LogP contribution < -0.4 is 4.74 Å². The standard InChI is InChI=1S/C20H26N2O5/c23-11-16-18(26-12-14-1-2-14)6-4-15-17(21-27-19(15)16)5-3-13-7-9-22(10-8-13)20(24)25/h4,6,13-14,23H,1-3,5,7-12H2,(H,24,25). The van der Waals surface area contributed by atoms with Gasteiger partial charge in [0.15, 0.2) is 5.58 Å². The van der Waals surface area contributed by atoms with Gasteiger partial charge in [0.2, 0.25) is 0 Å². The number of piperidine rings is 1. The second-order valence-electron chi connectivity index (χ2n) is 7.71. The average Bonchev–Trinajstić information content (AvgIpc) is 3.43. The molecule has 0 spiro atoms. The van der Waals surface area contributed by atoms with Crippen LogP contribution in [-0.2, 0) is 13.0 Å². The van der Waals surface area contributed by atoms with E-state index < -0.39 is 6.09 Å². The Kier molecular flexibility index (Phi) is 5.20. The van der Waals surface area contributed by atoms with Crippen molar-refractivity contribution < 1.29 is 24.3 Å². The Balaban J connectivity index is 1.41. The minimum atomic E-state index is -0.827. The van der Waals surface area contributed by atoms with Crippen LogP contribution in [0, 0.1) is 11.8 Å². The number of hydrogen-bond acceptors (Lipinski definition) is 5. The summed E-state index contributed by atoms with van der Waals surface area (Å²) >= 11 is 0. The fourth-order valence-electron chi connectivity index (χ4n) is 3.80. The van der Waals surface area contributed by atoms with E-state index in [4.69, 9.17) is 14.4 Å². The Hall–Kier alpha value is -2.28. The lowest BCUT2D eigenvalue weighted by Gasteiger charge is -2.29. The highest BCUT2D eigenvalue weighted by molar-refractivity contribution is 5.84. The van der Waals surface area contributed by atoms with Crippen molar-refractivity contribution in [3.63, 3.8) is 0 Å². The zero-order chi connectivity index (χ0) is 18.8. The summed E-state index contributed by atoms with van der Waals surface area (Å²) in [4.78, 5) is 12.5. The summed E-state index contributed by atoms with van der Waals surface area (Å²) in [5, 5.41) is 24.0. The zero-order valence-corrected chi connectivity index (χ0v) is 15.4. The summed E-state index contributed by atoms with van der Waals surface area (Å²) in [5.74, 6) is 1.83. The lowest BCUT2D eigenvalue weighted by molar-refractivity contribution is 0.123. The van der Waals surface area contributed by atoms with E-state index in [9.17, 15) is 9.90 Å². The SMILES string of the molecule is O=C(O)N1CCC(CCc2noc3c(CO)c(OCC4CC4)ccc23)CC1. The predicted octanol–water partition coefficient (Wildman–Crippen LogP) is 3.43. The summed E-state index contributed by atoms with van der Waals surface area (Å²) in [6.45, 7) is 1.76. The number of hydrogen-bond donors (Lipinski definition) is 2. The molecule has 1 saturated carbocycles. The molecule has 0 bridgehead atoms. The number of carboxylic acid groups (broad SMARTS) is 1. The van der Waals surface area contributed by atoms with Gasteiger partial charge in [-0.1, -0.05) is 5.16 Å². The normalized spacial score (nSPS) is 18.2. The van der Waals surface area contributed by atoms with Crippen LogP contribution in [0.5, 0.6) is 5.75 Å². The highest BCUT2D eigenvalue weighted by Gasteiger charge is 2.25. The molecule has 0 unspecified atom stereocenters. The maximum Gasteiger partial charge on any atom is 0.407 e. The molecule has 1 aromatic heterocycles. The van der Waals surface area contributed by atoms with E-state index in [2.05, 4.69) is 5.16 Å². The van der Waals surface area contributed by atoms with Crippen molar-refractivity contribution in [2.24, 2.45) is 11.8 Å². The number of ether oxygens (including phenoxy) is 1. The van der Waals surface area contributed by atoms with Crippen molar-refractivity contribution in [2.75, 3.05) is 19.7 Å². The molecule has 2 aliphatic rings. The van der Waals surface area contributed by atoms with Crippen molar-refractivity contribution in [1.29, 1.82) is 0 Å². The van der Waals surface area contributed by atoms with Crippen LogP contribution >= 0.6 is 0 Å². The second kappa shape index (κ2) is 7.76. The number of rotatable bonds is 7. The number of aryl methyl sites for hydroxylation is 1. The van der Waals surface area contributed by atoms with Crippen molar-refractivity contribution in [3.05, 3.63) is 23.4 Å². The van der Waals surface area contributed by atoms with Crippen LogP contribution in [-0.4, -0.2) is 46.1 Å². The molecule has 0 atom stereocenters. The molecule has 1 aliphatic carbocycles. The maximum absolute atomic E-state index is 11.0. The number of nitrogens with zero attached hydrogens (tertiary/aromatic N) is 2. The largest absolute Gasteiger partial charge is 0.493 e. The summed E-state index contributed by atoms with van der Waals surface area (Å²) < 4.78 is 11.4. The Morgan fingerprint density at radius 3 is 2.67 bits per heavy atom. The average molecular weight is 374 g/mol. The molecule has 1 saturated heterocycles. The molecule has 1 amide bonds. The van der Waals surface area contributed by atoms with E-state index in [0.29, 0.717) is 48.4 Å². The molecule has 1 aromatic carbocycles. The number of carbonyl (C=O) groups is 1. The van der Waals surface area contributed by atoms with E-state index in [0.717, 1.165) is 36.8 Å². The maximum atomic E-state index is 11.0. The molecule has 146 valence electrons. The lowest BCUT2D eigenvalue weighted by Crippen LogP contribution is -2.37. The lowest BCUT2D eigenvalue weighted by atomic mass is 9.91. The number of aromatic nitrogens is 1.